The van der Waals surface area contributed by atoms with Gasteiger partial charge in [0.1, 0.15) is 0 Å². The van der Waals surface area contributed by atoms with E-state index in [1.165, 1.54) is 24.7 Å². The largest absolute Gasteiger partial charge is 0.373 e. The molecule has 1 aliphatic carbocycles. The van der Waals surface area contributed by atoms with Gasteiger partial charge in [-0.05, 0) is 44.9 Å². The maximum absolute atomic E-state index is 12.6. The van der Waals surface area contributed by atoms with Crippen molar-refractivity contribution < 1.29 is 17.9 Å². The normalized spacial score (nSPS) is 31.3. The summed E-state index contributed by atoms with van der Waals surface area (Å²) in [6.45, 7) is 1.83. The Balaban J connectivity index is 1.57. The Kier molecular flexibility index (Phi) is 5.32. The van der Waals surface area contributed by atoms with Crippen LogP contribution in [0.2, 0.25) is 0 Å². The summed E-state index contributed by atoms with van der Waals surface area (Å²) in [4.78, 5) is 14.5. The van der Waals surface area contributed by atoms with Crippen molar-refractivity contribution in [3.63, 3.8) is 0 Å². The van der Waals surface area contributed by atoms with Crippen molar-refractivity contribution in [1.29, 1.82) is 0 Å². The maximum atomic E-state index is 12.6. The minimum Gasteiger partial charge on any atom is -0.373 e. The second-order valence-corrected chi connectivity index (χ2v) is 9.24. The Morgan fingerprint density at radius 2 is 2.29 bits per heavy atom. The monoisotopic (exact) mass is 356 g/mol. The van der Waals surface area contributed by atoms with Crippen LogP contribution < -0.4 is 4.72 Å². The van der Waals surface area contributed by atoms with Gasteiger partial charge in [0.15, 0.2) is 0 Å². The van der Waals surface area contributed by atoms with Crippen molar-refractivity contribution in [3.05, 3.63) is 11.6 Å². The van der Waals surface area contributed by atoms with Crippen molar-refractivity contribution in [1.82, 2.24) is 9.62 Å². The lowest BCUT2D eigenvalue weighted by molar-refractivity contribution is -0.132. The predicted molar refractivity (Wildman–Crippen MR) is 92.0 cm³/mol. The average Bonchev–Trinajstić information content (AvgIpc) is 2.90. The lowest BCUT2D eigenvalue weighted by Crippen LogP contribution is -2.50. The number of nitrogens with zero attached hydrogens (tertiary/aromatic N) is 1. The smallest absolute Gasteiger partial charge is 0.226 e. The Hall–Kier alpha value is -0.920. The zero-order valence-corrected chi connectivity index (χ0v) is 15.2. The molecule has 0 aromatic carbocycles. The molecule has 2 atom stereocenters. The molecule has 0 aromatic heterocycles. The van der Waals surface area contributed by atoms with Crippen LogP contribution in [-0.4, -0.2) is 56.8 Å². The van der Waals surface area contributed by atoms with Crippen LogP contribution in [0.5, 0.6) is 0 Å². The van der Waals surface area contributed by atoms with Crippen molar-refractivity contribution in [3.8, 4) is 0 Å². The number of hydrogen-bond acceptors (Lipinski definition) is 4. The number of carbonyl (C=O) groups is 1. The number of hydrogen-bond donors (Lipinski definition) is 1. The zero-order valence-electron chi connectivity index (χ0n) is 14.4. The minimum atomic E-state index is -3.21. The van der Waals surface area contributed by atoms with Gasteiger partial charge in [0.05, 0.1) is 11.9 Å². The van der Waals surface area contributed by atoms with Gasteiger partial charge in [-0.25, -0.2) is 13.1 Å². The number of ether oxygens (including phenoxy) is 1. The van der Waals surface area contributed by atoms with E-state index in [0.29, 0.717) is 39.0 Å². The fourth-order valence-electron chi connectivity index (χ4n) is 4.14. The Bertz CT molecular complexity index is 616. The van der Waals surface area contributed by atoms with Crippen molar-refractivity contribution in [2.24, 2.45) is 0 Å². The topological polar surface area (TPSA) is 75.7 Å². The van der Waals surface area contributed by atoms with Crippen LogP contribution in [0.4, 0.5) is 0 Å². The zero-order chi connectivity index (χ0) is 17.2. The van der Waals surface area contributed by atoms with E-state index in [9.17, 15) is 13.2 Å². The number of carbonyl (C=O) groups excluding carboxylic acids is 1. The minimum absolute atomic E-state index is 0.0927. The first-order valence-electron chi connectivity index (χ1n) is 8.92. The van der Waals surface area contributed by atoms with E-state index >= 15 is 0 Å². The van der Waals surface area contributed by atoms with Gasteiger partial charge >= 0.3 is 0 Å². The number of nitrogens with one attached hydrogen (secondary N) is 1. The summed E-state index contributed by atoms with van der Waals surface area (Å²) in [6, 6.07) is -0.0927. The number of amides is 1. The van der Waals surface area contributed by atoms with Crippen LogP contribution in [0.25, 0.3) is 0 Å². The number of rotatable bonds is 4. The van der Waals surface area contributed by atoms with Gasteiger partial charge in [-0.1, -0.05) is 11.6 Å². The van der Waals surface area contributed by atoms with Gasteiger partial charge in [0, 0.05) is 32.2 Å². The van der Waals surface area contributed by atoms with E-state index < -0.39 is 10.0 Å². The van der Waals surface area contributed by atoms with Crippen LogP contribution in [0.3, 0.4) is 0 Å². The molecule has 2 aliphatic heterocycles. The summed E-state index contributed by atoms with van der Waals surface area (Å²) >= 11 is 0. The third-order valence-corrected chi connectivity index (χ3v) is 6.07. The molecule has 136 valence electrons. The molecule has 7 heteroatoms. The van der Waals surface area contributed by atoms with Crippen LogP contribution in [0.15, 0.2) is 11.6 Å². The van der Waals surface area contributed by atoms with Crippen LogP contribution >= 0.6 is 0 Å². The molecule has 0 radical (unpaired) electrons. The first-order chi connectivity index (χ1) is 11.4. The molecule has 24 heavy (non-hydrogen) atoms. The lowest BCUT2D eigenvalue weighted by atomic mass is 9.90. The summed E-state index contributed by atoms with van der Waals surface area (Å²) in [7, 11) is -3.21. The molecule has 0 aromatic rings. The first kappa shape index (κ1) is 17.9. The predicted octanol–water partition coefficient (Wildman–Crippen LogP) is 1.58. The third-order valence-electron chi connectivity index (χ3n) is 5.31. The molecular weight excluding hydrogens is 328 g/mol. The van der Waals surface area contributed by atoms with Crippen LogP contribution in [0.1, 0.15) is 51.4 Å². The van der Waals surface area contributed by atoms with E-state index in [1.807, 2.05) is 4.90 Å². The molecule has 0 bridgehead atoms. The van der Waals surface area contributed by atoms with Gasteiger partial charge < -0.3 is 9.64 Å². The summed E-state index contributed by atoms with van der Waals surface area (Å²) in [5, 5.41) is 0. The molecule has 6 nitrogen and oxygen atoms in total. The van der Waals surface area contributed by atoms with E-state index in [-0.39, 0.29) is 17.6 Å². The summed E-state index contributed by atoms with van der Waals surface area (Å²) < 4.78 is 31.6. The summed E-state index contributed by atoms with van der Waals surface area (Å²) in [6.07, 6.45) is 10.6. The summed E-state index contributed by atoms with van der Waals surface area (Å²) in [5.41, 5.74) is 0.894. The molecule has 3 aliphatic rings. The SMILES string of the molecule is CS(=O)(=O)N[C@H]1CCO[C@@]2(CCN(C(=O)CC3=CCCCC3)C2)C1. The lowest BCUT2D eigenvalue weighted by Gasteiger charge is -2.38. The molecule has 1 spiro atoms. The number of sulfonamides is 1. The fraction of sp³-hybridized carbons (Fsp3) is 0.824. The van der Waals surface area contributed by atoms with Gasteiger partial charge in [0.25, 0.3) is 0 Å². The van der Waals surface area contributed by atoms with Gasteiger partial charge in [-0.2, -0.15) is 0 Å². The fourth-order valence-corrected chi connectivity index (χ4v) is 4.95. The van der Waals surface area contributed by atoms with Gasteiger partial charge in [0.2, 0.25) is 15.9 Å². The van der Waals surface area contributed by atoms with Crippen LogP contribution in [0, 0.1) is 0 Å². The first-order valence-corrected chi connectivity index (χ1v) is 10.8. The molecule has 2 saturated heterocycles. The van der Waals surface area contributed by atoms with E-state index in [4.69, 9.17) is 4.74 Å². The van der Waals surface area contributed by atoms with E-state index in [2.05, 4.69) is 10.8 Å². The second kappa shape index (κ2) is 7.14. The van der Waals surface area contributed by atoms with E-state index in [0.717, 1.165) is 19.3 Å². The maximum Gasteiger partial charge on any atom is 0.226 e. The van der Waals surface area contributed by atoms with Crippen molar-refractivity contribution in [2.75, 3.05) is 26.0 Å². The second-order valence-electron chi connectivity index (χ2n) is 7.46. The van der Waals surface area contributed by atoms with Crippen molar-refractivity contribution in [2.45, 2.75) is 63.0 Å². The highest BCUT2D eigenvalue weighted by molar-refractivity contribution is 7.88. The quantitative estimate of drug-likeness (QED) is 0.776. The third kappa shape index (κ3) is 4.58. The number of allylic oxidation sites excluding steroid dienone is 1. The summed E-state index contributed by atoms with van der Waals surface area (Å²) in [5.74, 6) is 0.182. The van der Waals surface area contributed by atoms with E-state index in [1.54, 1.807) is 0 Å². The van der Waals surface area contributed by atoms with Gasteiger partial charge in [-0.3, -0.25) is 4.79 Å². The molecule has 3 rings (SSSR count). The molecule has 0 unspecified atom stereocenters. The highest BCUT2D eigenvalue weighted by Gasteiger charge is 2.45. The van der Waals surface area contributed by atoms with Crippen LogP contribution in [-0.2, 0) is 19.6 Å². The molecule has 0 saturated carbocycles. The number of likely N-dealkylation sites (tertiary alicyclic amines) is 1. The Labute approximate surface area is 144 Å². The Morgan fingerprint density at radius 1 is 1.46 bits per heavy atom. The molecule has 2 heterocycles. The molecular formula is C17H28N2O4S. The molecule has 2 fully saturated rings. The molecule has 1 amide bonds. The van der Waals surface area contributed by atoms with Gasteiger partial charge in [-0.15, -0.1) is 0 Å². The Morgan fingerprint density at radius 3 is 3.00 bits per heavy atom. The highest BCUT2D eigenvalue weighted by atomic mass is 32.2. The average molecular weight is 356 g/mol. The molecule has 1 N–H and O–H groups in total. The van der Waals surface area contributed by atoms with Crippen molar-refractivity contribution >= 4 is 15.9 Å². The standard InChI is InChI=1S/C17H28N2O4S/c1-24(21,22)18-15-7-10-23-17(12-15)8-9-19(13-17)16(20)11-14-5-3-2-4-6-14/h5,15,18H,2-4,6-13H2,1H3/t15-,17-/m0/s1. The highest BCUT2D eigenvalue weighted by Crippen LogP contribution is 2.35.